The summed E-state index contributed by atoms with van der Waals surface area (Å²) in [7, 11) is 1.75. The summed E-state index contributed by atoms with van der Waals surface area (Å²) >= 11 is 0. The molecule has 0 spiro atoms. The molecule has 3 nitrogen and oxygen atoms in total. The van der Waals surface area contributed by atoms with Crippen LogP contribution in [0.25, 0.3) is 10.9 Å². The lowest BCUT2D eigenvalue weighted by Gasteiger charge is -2.06. The van der Waals surface area contributed by atoms with Gasteiger partial charge in [0.1, 0.15) is 0 Å². The topological polar surface area (TPSA) is 34.9 Å². The Balaban J connectivity index is 3.07. The van der Waals surface area contributed by atoms with Gasteiger partial charge in [0.15, 0.2) is 0 Å². The largest absolute Gasteiger partial charge is 0.350 e. The molecule has 0 aliphatic heterocycles. The van der Waals surface area contributed by atoms with Crippen molar-refractivity contribution in [2.24, 2.45) is 0 Å². The predicted octanol–water partition coefficient (Wildman–Crippen LogP) is 0.410. The zero-order valence-corrected chi connectivity index (χ0v) is 8.53. The van der Waals surface area contributed by atoms with E-state index in [1.165, 1.54) is 0 Å². The molecule has 0 aliphatic carbocycles. The Morgan fingerprint density at radius 1 is 1.36 bits per heavy atom. The number of fused-ring (bicyclic) bond motifs is 1. The molecule has 0 N–H and O–H groups in total. The average molecular weight is 186 g/mol. The molecule has 1 aromatic heterocycles. The molecule has 2 rings (SSSR count). The van der Waals surface area contributed by atoms with Gasteiger partial charge in [-0.15, -0.1) is 0 Å². The second-order valence-electron chi connectivity index (χ2n) is 3.49. The minimum Gasteiger partial charge on any atom is -0.350 e. The molecule has 1 aromatic carbocycles. The first kappa shape index (κ1) is 9.00. The van der Waals surface area contributed by atoms with E-state index in [1.807, 2.05) is 32.0 Å². The van der Waals surface area contributed by atoms with Gasteiger partial charge in [0.2, 0.25) is 13.5 Å². The Kier molecular flexibility index (Phi) is 1.91. The molecule has 14 heavy (non-hydrogen) atoms. The molecule has 0 aliphatic rings. The van der Waals surface area contributed by atoms with Gasteiger partial charge >= 0.3 is 0 Å². The Morgan fingerprint density at radius 2 is 2.07 bits per heavy atom. The van der Waals surface area contributed by atoms with Crippen molar-refractivity contribution in [2.45, 2.75) is 13.8 Å². The highest BCUT2D eigenvalue weighted by Crippen LogP contribution is 2.11. The lowest BCUT2D eigenvalue weighted by atomic mass is 10.1. The average Bonchev–Trinajstić information content (AvgIpc) is 2.14. The fraction of sp³-hybridized carbons (Fsp3) is 0.200. The summed E-state index contributed by atoms with van der Waals surface area (Å²) < 4.78 is 1.58. The van der Waals surface area contributed by atoms with Gasteiger partial charge in [-0.05, 0) is 25.5 Å². The van der Waals surface area contributed by atoms with Crippen molar-refractivity contribution in [1.29, 1.82) is 0 Å². The number of hydrogen-bond donors (Lipinski definition) is 0. The number of aromatic nitrogens is 2. The van der Waals surface area contributed by atoms with Crippen LogP contribution in [0, 0.1) is 13.8 Å². The monoisotopic (exact) mass is 186 g/mol. The maximum Gasteiger partial charge on any atom is 0.249 e. The van der Waals surface area contributed by atoms with E-state index in [-0.39, 0.29) is 5.56 Å². The fourth-order valence-electron chi connectivity index (χ4n) is 1.59. The molecule has 70 valence electrons. The molecule has 4 heteroatoms. The summed E-state index contributed by atoms with van der Waals surface area (Å²) in [5, 5.41) is 0.723. The van der Waals surface area contributed by atoms with Gasteiger partial charge in [-0.2, -0.15) is 0 Å². The maximum atomic E-state index is 11.9. The highest BCUT2D eigenvalue weighted by Gasteiger charge is 2.05. The zero-order chi connectivity index (χ0) is 10.3. The van der Waals surface area contributed by atoms with E-state index in [1.54, 1.807) is 12.5 Å². The number of hydrogen-bond acceptors (Lipinski definition) is 2. The van der Waals surface area contributed by atoms with Crippen molar-refractivity contribution >= 4 is 18.9 Å². The van der Waals surface area contributed by atoms with Crippen LogP contribution in [0.2, 0.25) is 0 Å². The summed E-state index contributed by atoms with van der Waals surface area (Å²) in [5.74, 6) is 0.744. The van der Waals surface area contributed by atoms with Crippen molar-refractivity contribution < 1.29 is 0 Å². The van der Waals surface area contributed by atoms with E-state index in [0.717, 1.165) is 22.3 Å². The van der Waals surface area contributed by atoms with E-state index < -0.39 is 0 Å². The zero-order valence-electron chi connectivity index (χ0n) is 8.53. The molecule has 0 amide bonds. The van der Waals surface area contributed by atoms with Gasteiger partial charge in [-0.3, -0.25) is 4.79 Å². The van der Waals surface area contributed by atoms with Gasteiger partial charge in [-0.25, -0.2) is 4.98 Å². The van der Waals surface area contributed by atoms with Crippen molar-refractivity contribution in [3.8, 4) is 0 Å². The first-order valence-corrected chi connectivity index (χ1v) is 4.54. The second-order valence-corrected chi connectivity index (χ2v) is 3.49. The summed E-state index contributed by atoms with van der Waals surface area (Å²) in [6.45, 7) is 3.77. The van der Waals surface area contributed by atoms with Crippen molar-refractivity contribution in [2.75, 3.05) is 0 Å². The molecule has 0 radical (unpaired) electrons. The Hall–Kier alpha value is -1.58. The lowest BCUT2D eigenvalue weighted by Crippen LogP contribution is -2.22. The third-order valence-electron chi connectivity index (χ3n) is 2.54. The van der Waals surface area contributed by atoms with Gasteiger partial charge < -0.3 is 4.48 Å². The van der Waals surface area contributed by atoms with Crippen LogP contribution in [0.3, 0.4) is 0 Å². The molecule has 2 aromatic rings. The van der Waals surface area contributed by atoms with E-state index in [2.05, 4.69) is 4.98 Å². The van der Waals surface area contributed by atoms with Crippen molar-refractivity contribution in [3.63, 3.8) is 0 Å². The Bertz CT molecular complexity index is 560. The Morgan fingerprint density at radius 3 is 2.79 bits per heavy atom. The third-order valence-corrected chi connectivity index (χ3v) is 2.54. The summed E-state index contributed by atoms with van der Waals surface area (Å²) in [5.41, 5.74) is 1.80. The van der Waals surface area contributed by atoms with Crippen LogP contribution >= 0.6 is 0 Å². The van der Waals surface area contributed by atoms with Gasteiger partial charge in [0.05, 0.1) is 16.7 Å². The van der Waals surface area contributed by atoms with Crippen LogP contribution in [0.5, 0.6) is 0 Å². The minimum atomic E-state index is 0.0330. The molecule has 0 bridgehead atoms. The van der Waals surface area contributed by atoms with Gasteiger partial charge in [-0.1, -0.05) is 12.1 Å². The van der Waals surface area contributed by atoms with Crippen LogP contribution in [-0.2, 0) is 0 Å². The lowest BCUT2D eigenvalue weighted by molar-refractivity contribution is 0.984. The van der Waals surface area contributed by atoms with Crippen LogP contribution in [0.15, 0.2) is 23.0 Å². The molecule has 0 fully saturated rings. The first-order chi connectivity index (χ1) is 6.61. The molecule has 1 heterocycles. The number of benzene rings is 1. The smallest absolute Gasteiger partial charge is 0.249 e. The SMILES string of the molecule is Bn1c(C)nc2cccc(C)c2c1=O. The van der Waals surface area contributed by atoms with E-state index in [9.17, 15) is 4.79 Å². The minimum absolute atomic E-state index is 0.0330. The van der Waals surface area contributed by atoms with E-state index in [4.69, 9.17) is 0 Å². The maximum absolute atomic E-state index is 11.9. The standard InChI is InChI=1S/C10H11BN2O/c1-6-4-3-5-8-9(6)10(14)13(11)7(2)12-8/h3-5H,11H2,1-2H3. The van der Waals surface area contributed by atoms with Crippen LogP contribution in [0.4, 0.5) is 0 Å². The molecular weight excluding hydrogens is 175 g/mol. The van der Waals surface area contributed by atoms with Crippen molar-refractivity contribution in [3.05, 3.63) is 39.9 Å². The summed E-state index contributed by atoms with van der Waals surface area (Å²) in [4.78, 5) is 16.3. The normalized spacial score (nSPS) is 10.7. The predicted molar refractivity (Wildman–Crippen MR) is 59.4 cm³/mol. The molecule has 0 unspecified atom stereocenters. The summed E-state index contributed by atoms with van der Waals surface area (Å²) in [6, 6.07) is 5.72. The third kappa shape index (κ3) is 1.15. The fourth-order valence-corrected chi connectivity index (χ4v) is 1.59. The number of nitrogens with zero attached hydrogens (tertiary/aromatic N) is 2. The van der Waals surface area contributed by atoms with E-state index in [0.29, 0.717) is 0 Å². The van der Waals surface area contributed by atoms with Crippen LogP contribution < -0.4 is 5.56 Å². The van der Waals surface area contributed by atoms with Gasteiger partial charge in [0, 0.05) is 0 Å². The van der Waals surface area contributed by atoms with Crippen LogP contribution in [-0.4, -0.2) is 17.4 Å². The summed E-state index contributed by atoms with van der Waals surface area (Å²) in [6.07, 6.45) is 0. The molecule has 0 atom stereocenters. The van der Waals surface area contributed by atoms with E-state index >= 15 is 0 Å². The Labute approximate surface area is 82.8 Å². The second kappa shape index (κ2) is 2.98. The molecule has 0 saturated carbocycles. The number of rotatable bonds is 0. The highest BCUT2D eigenvalue weighted by atomic mass is 16.1. The van der Waals surface area contributed by atoms with Crippen molar-refractivity contribution in [1.82, 2.24) is 9.46 Å². The highest BCUT2D eigenvalue weighted by molar-refractivity contribution is 6.07. The first-order valence-electron chi connectivity index (χ1n) is 4.54. The number of aryl methyl sites for hydroxylation is 2. The molecular formula is C10H11BN2O. The van der Waals surface area contributed by atoms with Gasteiger partial charge in [0.25, 0.3) is 0 Å². The quantitative estimate of drug-likeness (QED) is 0.558. The molecule has 0 saturated heterocycles. The van der Waals surface area contributed by atoms with Crippen LogP contribution in [0.1, 0.15) is 11.4 Å².